The van der Waals surface area contributed by atoms with Crippen molar-refractivity contribution in [1.29, 1.82) is 0 Å². The van der Waals surface area contributed by atoms with E-state index in [1.54, 1.807) is 0 Å². The minimum atomic E-state index is -1.42. The summed E-state index contributed by atoms with van der Waals surface area (Å²) in [6.45, 7) is 0. The first-order valence-electron chi connectivity index (χ1n) is 7.56. The monoisotopic (exact) mass is 280 g/mol. The van der Waals surface area contributed by atoms with Crippen molar-refractivity contribution in [2.24, 2.45) is 0 Å². The van der Waals surface area contributed by atoms with E-state index in [1.807, 2.05) is 5.32 Å². The van der Waals surface area contributed by atoms with E-state index in [-0.39, 0.29) is 16.3 Å². The lowest BCUT2D eigenvalue weighted by Crippen LogP contribution is -2.12. The molecule has 0 atom stereocenters. The molecule has 0 aromatic heterocycles. The summed E-state index contributed by atoms with van der Waals surface area (Å²) in [5.41, 5.74) is -0.885. The lowest BCUT2D eigenvalue weighted by atomic mass is 10.0. The maximum Gasteiger partial charge on any atom is 0.409 e. The van der Waals surface area contributed by atoms with Gasteiger partial charge in [-0.2, -0.15) is 0 Å². The molecule has 0 aliphatic heterocycles. The van der Waals surface area contributed by atoms with Crippen LogP contribution in [-0.2, 0) is 0 Å². The van der Waals surface area contributed by atoms with Crippen LogP contribution < -0.4 is 5.32 Å². The van der Waals surface area contributed by atoms with Gasteiger partial charge in [-0.3, -0.25) is 10.1 Å². The molecule has 19 heavy (non-hydrogen) atoms. The molecule has 4 nitrogen and oxygen atoms in total. The molecule has 2 aromatic rings. The Bertz CT molecular complexity index is 843. The fourth-order valence-corrected chi connectivity index (χ4v) is 1.60. The number of halogens is 1. The Morgan fingerprint density at radius 1 is 1.21 bits per heavy atom. The number of rotatable bonds is 3. The van der Waals surface area contributed by atoms with Gasteiger partial charge in [0, 0.05) is 16.1 Å². The standard InChI is InChI=1S/C14H10ClNO3/c15-10-6-7-12(16-14(18)19)11(8-10)13(17)9-4-2-1-3-5-9/h1-8,16H,(H,18,19)/i1D,2D,3D,4D,5D. The van der Waals surface area contributed by atoms with Gasteiger partial charge in [-0.15, -0.1) is 0 Å². The van der Waals surface area contributed by atoms with Gasteiger partial charge in [0.25, 0.3) is 0 Å². The van der Waals surface area contributed by atoms with Crippen LogP contribution in [0.25, 0.3) is 0 Å². The van der Waals surface area contributed by atoms with Crippen LogP contribution >= 0.6 is 11.6 Å². The number of anilines is 1. The molecule has 0 heterocycles. The normalized spacial score (nSPS) is 13.6. The molecule has 0 fully saturated rings. The number of benzene rings is 2. The number of carbonyl (C=O) groups is 2. The minimum absolute atomic E-state index is 0.108. The van der Waals surface area contributed by atoms with Crippen LogP contribution in [0.5, 0.6) is 0 Å². The zero-order chi connectivity index (χ0) is 18.2. The Morgan fingerprint density at radius 3 is 2.53 bits per heavy atom. The highest BCUT2D eigenvalue weighted by Crippen LogP contribution is 2.23. The zero-order valence-electron chi connectivity index (χ0n) is 14.4. The van der Waals surface area contributed by atoms with Crippen molar-refractivity contribution in [3.8, 4) is 0 Å². The highest BCUT2D eigenvalue weighted by Gasteiger charge is 2.15. The average molecular weight is 281 g/mol. The molecular weight excluding hydrogens is 266 g/mol. The summed E-state index contributed by atoms with van der Waals surface area (Å²) in [5, 5.41) is 11.0. The molecule has 2 rings (SSSR count). The van der Waals surface area contributed by atoms with Crippen molar-refractivity contribution in [3.63, 3.8) is 0 Å². The highest BCUT2D eigenvalue weighted by molar-refractivity contribution is 6.31. The molecule has 2 N–H and O–H groups in total. The van der Waals surface area contributed by atoms with Crippen LogP contribution in [0.3, 0.4) is 0 Å². The van der Waals surface area contributed by atoms with Gasteiger partial charge in [-0.05, 0) is 18.2 Å². The topological polar surface area (TPSA) is 66.4 Å². The van der Waals surface area contributed by atoms with Crippen LogP contribution in [0.1, 0.15) is 22.8 Å². The number of ketones is 1. The van der Waals surface area contributed by atoms with Gasteiger partial charge in [0.05, 0.1) is 12.5 Å². The molecule has 96 valence electrons. The summed E-state index contributed by atoms with van der Waals surface area (Å²) in [6.07, 6.45) is -1.42. The molecule has 0 aliphatic rings. The highest BCUT2D eigenvalue weighted by atomic mass is 35.5. The van der Waals surface area contributed by atoms with E-state index in [0.29, 0.717) is 0 Å². The van der Waals surface area contributed by atoms with Crippen LogP contribution in [0, 0.1) is 0 Å². The van der Waals surface area contributed by atoms with E-state index in [0.717, 1.165) is 6.07 Å². The van der Waals surface area contributed by atoms with E-state index in [1.165, 1.54) is 12.1 Å². The van der Waals surface area contributed by atoms with Crippen molar-refractivity contribution < 1.29 is 21.5 Å². The maximum absolute atomic E-state index is 12.7. The van der Waals surface area contributed by atoms with Crippen LogP contribution in [0.2, 0.25) is 5.02 Å². The second-order valence-electron chi connectivity index (χ2n) is 3.45. The maximum atomic E-state index is 12.7. The molecule has 0 aliphatic carbocycles. The van der Waals surface area contributed by atoms with Gasteiger partial charge >= 0.3 is 6.09 Å². The predicted molar refractivity (Wildman–Crippen MR) is 73.0 cm³/mol. The Labute approximate surface area is 121 Å². The van der Waals surface area contributed by atoms with Crippen LogP contribution in [-0.4, -0.2) is 17.0 Å². The third-order valence-electron chi connectivity index (χ3n) is 2.19. The first kappa shape index (κ1) is 7.96. The molecular formula is C14H10ClNO3. The molecule has 0 spiro atoms. The summed E-state index contributed by atoms with van der Waals surface area (Å²) in [7, 11) is 0. The quantitative estimate of drug-likeness (QED) is 0.843. The van der Waals surface area contributed by atoms with Crippen molar-refractivity contribution >= 4 is 29.2 Å². The van der Waals surface area contributed by atoms with E-state index in [9.17, 15) is 9.59 Å². The van der Waals surface area contributed by atoms with Gasteiger partial charge in [0.2, 0.25) is 0 Å². The first-order chi connectivity index (χ1) is 11.1. The molecule has 1 amide bonds. The second-order valence-corrected chi connectivity index (χ2v) is 3.89. The molecule has 0 saturated carbocycles. The molecule has 0 bridgehead atoms. The summed E-state index contributed by atoms with van der Waals surface area (Å²) >= 11 is 5.83. The number of hydrogen-bond acceptors (Lipinski definition) is 2. The molecule has 0 saturated heterocycles. The Morgan fingerprint density at radius 2 is 1.89 bits per heavy atom. The lowest BCUT2D eigenvalue weighted by Gasteiger charge is -2.09. The van der Waals surface area contributed by atoms with Crippen LogP contribution in [0.15, 0.2) is 48.4 Å². The van der Waals surface area contributed by atoms with Crippen molar-refractivity contribution in [2.75, 3.05) is 5.32 Å². The Hall–Kier alpha value is -2.33. The third kappa shape index (κ3) is 3.11. The molecule has 0 radical (unpaired) electrons. The minimum Gasteiger partial charge on any atom is -0.465 e. The summed E-state index contributed by atoms with van der Waals surface area (Å²) in [6, 6.07) is 0.472. The van der Waals surface area contributed by atoms with Gasteiger partial charge in [-0.1, -0.05) is 41.8 Å². The van der Waals surface area contributed by atoms with E-state index >= 15 is 0 Å². The fourth-order valence-electron chi connectivity index (χ4n) is 1.43. The van der Waals surface area contributed by atoms with Crippen molar-refractivity contribution in [3.05, 3.63) is 64.6 Å². The fraction of sp³-hybridized carbons (Fsp3) is 0. The number of carboxylic acid groups (broad SMARTS) is 1. The van der Waals surface area contributed by atoms with Gasteiger partial charge < -0.3 is 5.11 Å². The average Bonchev–Trinajstić information content (AvgIpc) is 2.52. The summed E-state index contributed by atoms with van der Waals surface area (Å²) in [5.74, 6) is -0.932. The Balaban J connectivity index is 2.71. The number of amides is 1. The number of hydrogen-bond donors (Lipinski definition) is 2. The number of nitrogens with one attached hydrogen (secondary N) is 1. The first-order valence-corrected chi connectivity index (χ1v) is 5.44. The number of carbonyl (C=O) groups excluding carboxylic acids is 1. The summed E-state index contributed by atoms with van der Waals surface area (Å²) in [4.78, 5) is 23.5. The predicted octanol–water partition coefficient (Wildman–Crippen LogP) is 3.66. The molecule has 0 unspecified atom stereocenters. The van der Waals surface area contributed by atoms with Gasteiger partial charge in [0.15, 0.2) is 5.78 Å². The zero-order valence-corrected chi connectivity index (χ0v) is 10.1. The van der Waals surface area contributed by atoms with E-state index in [4.69, 9.17) is 23.6 Å². The SMILES string of the molecule is [2H]c1c([2H])c([2H])c(C(=O)c2cc(Cl)ccc2NC(=O)O)c([2H])c1[2H]. The van der Waals surface area contributed by atoms with Gasteiger partial charge in [-0.25, -0.2) is 4.79 Å². The summed E-state index contributed by atoms with van der Waals surface area (Å²) < 4.78 is 38.4. The van der Waals surface area contributed by atoms with Crippen molar-refractivity contribution in [1.82, 2.24) is 0 Å². The van der Waals surface area contributed by atoms with E-state index in [2.05, 4.69) is 0 Å². The van der Waals surface area contributed by atoms with Crippen molar-refractivity contribution in [2.45, 2.75) is 0 Å². The third-order valence-corrected chi connectivity index (χ3v) is 2.43. The Kier molecular flexibility index (Phi) is 2.32. The smallest absolute Gasteiger partial charge is 0.409 e. The largest absolute Gasteiger partial charge is 0.465 e. The van der Waals surface area contributed by atoms with Crippen LogP contribution in [0.4, 0.5) is 10.5 Å². The van der Waals surface area contributed by atoms with Gasteiger partial charge in [0.1, 0.15) is 0 Å². The lowest BCUT2D eigenvalue weighted by molar-refractivity contribution is 0.103. The molecule has 2 aromatic carbocycles. The molecule has 5 heteroatoms. The second kappa shape index (κ2) is 5.54. The van der Waals surface area contributed by atoms with E-state index < -0.39 is 47.7 Å².